The first-order valence-electron chi connectivity index (χ1n) is 9.96. The van der Waals surface area contributed by atoms with Crippen LogP contribution in [0.3, 0.4) is 0 Å². The molecule has 2 aromatic carbocycles. The topological polar surface area (TPSA) is 89.2 Å². The third-order valence-corrected chi connectivity index (χ3v) is 7.64. The van der Waals surface area contributed by atoms with E-state index in [1.807, 2.05) is 24.3 Å². The van der Waals surface area contributed by atoms with Crippen LogP contribution in [-0.2, 0) is 10.0 Å². The Labute approximate surface area is 184 Å². The van der Waals surface area contributed by atoms with Crippen LogP contribution in [0.15, 0.2) is 70.2 Å². The van der Waals surface area contributed by atoms with Crippen LogP contribution < -0.4 is 0 Å². The highest BCUT2D eigenvalue weighted by molar-refractivity contribution is 7.89. The number of sulfonamides is 1. The second-order valence-electron chi connectivity index (χ2n) is 7.50. The van der Waals surface area contributed by atoms with E-state index in [9.17, 15) is 8.42 Å². The van der Waals surface area contributed by atoms with E-state index < -0.39 is 10.0 Å². The maximum atomic E-state index is 13.4. The molecule has 1 aliphatic rings. The number of hydrogen-bond donors (Lipinski definition) is 0. The fourth-order valence-electron chi connectivity index (χ4n) is 3.90. The van der Waals surface area contributed by atoms with Gasteiger partial charge in [-0.15, -0.1) is 0 Å². The molecule has 0 saturated carbocycles. The molecule has 1 saturated heterocycles. The van der Waals surface area contributed by atoms with Crippen molar-refractivity contribution in [2.75, 3.05) is 13.1 Å². The Morgan fingerprint density at radius 1 is 1.06 bits per heavy atom. The lowest BCUT2D eigenvalue weighted by Crippen LogP contribution is -2.39. The Morgan fingerprint density at radius 2 is 1.87 bits per heavy atom. The average Bonchev–Trinajstić information content (AvgIpc) is 3.29. The molecule has 1 atom stereocenters. The minimum Gasteiger partial charge on any atom is -0.339 e. The van der Waals surface area contributed by atoms with Gasteiger partial charge in [0.1, 0.15) is 4.90 Å². The monoisotopic (exact) mass is 454 g/mol. The van der Waals surface area contributed by atoms with Gasteiger partial charge < -0.3 is 4.52 Å². The van der Waals surface area contributed by atoms with Crippen LogP contribution in [0.2, 0.25) is 5.02 Å². The molecule has 0 spiro atoms. The van der Waals surface area contributed by atoms with Gasteiger partial charge in [-0.3, -0.25) is 4.98 Å². The van der Waals surface area contributed by atoms with Gasteiger partial charge in [-0.25, -0.2) is 8.42 Å². The van der Waals surface area contributed by atoms with Crippen LogP contribution in [-0.4, -0.2) is 40.9 Å². The molecule has 0 bridgehead atoms. The highest BCUT2D eigenvalue weighted by atomic mass is 35.5. The molecular formula is C22H19ClN4O3S. The predicted octanol–water partition coefficient (Wildman–Crippen LogP) is 4.51. The highest BCUT2D eigenvalue weighted by Crippen LogP contribution is 2.32. The third-order valence-electron chi connectivity index (χ3n) is 5.49. The molecule has 158 valence electrons. The normalized spacial score (nSPS) is 17.8. The Balaban J connectivity index is 1.42. The van der Waals surface area contributed by atoms with Gasteiger partial charge in [0.15, 0.2) is 0 Å². The molecule has 9 heteroatoms. The quantitative estimate of drug-likeness (QED) is 0.450. The van der Waals surface area contributed by atoms with Gasteiger partial charge >= 0.3 is 0 Å². The standard InChI is InChI=1S/C22H19ClN4O3S/c23-18-10-8-16(9-11-18)21-25-22(30-26-21)17-6-3-13-27(14-17)31(28,29)19-7-1-4-15-5-2-12-24-20(15)19/h1-2,4-5,7-12,17H,3,6,13-14H2. The lowest BCUT2D eigenvalue weighted by molar-refractivity contribution is 0.266. The number of benzene rings is 2. The number of para-hydroxylation sites is 1. The summed E-state index contributed by atoms with van der Waals surface area (Å²) in [5.74, 6) is 0.741. The van der Waals surface area contributed by atoms with Crippen molar-refractivity contribution < 1.29 is 12.9 Å². The van der Waals surface area contributed by atoms with Gasteiger partial charge in [-0.05, 0) is 49.2 Å². The van der Waals surface area contributed by atoms with Crippen molar-refractivity contribution in [3.8, 4) is 11.4 Å². The van der Waals surface area contributed by atoms with Gasteiger partial charge in [-0.1, -0.05) is 35.0 Å². The second kappa shape index (κ2) is 8.03. The summed E-state index contributed by atoms with van der Waals surface area (Å²) < 4.78 is 33.9. The smallest absolute Gasteiger partial charge is 0.245 e. The van der Waals surface area contributed by atoms with Crippen LogP contribution in [0.4, 0.5) is 0 Å². The summed E-state index contributed by atoms with van der Waals surface area (Å²) in [6, 6.07) is 16.0. The second-order valence-corrected chi connectivity index (χ2v) is 9.84. The summed E-state index contributed by atoms with van der Waals surface area (Å²) in [7, 11) is -3.71. The van der Waals surface area contributed by atoms with Crippen LogP contribution in [0, 0.1) is 0 Å². The summed E-state index contributed by atoms with van der Waals surface area (Å²) >= 11 is 5.94. The number of halogens is 1. The van der Waals surface area contributed by atoms with E-state index in [1.165, 1.54) is 4.31 Å². The number of nitrogens with zero attached hydrogens (tertiary/aromatic N) is 4. The summed E-state index contributed by atoms with van der Waals surface area (Å²) in [4.78, 5) is 9.05. The van der Waals surface area contributed by atoms with Gasteiger partial charge in [-0.2, -0.15) is 9.29 Å². The van der Waals surface area contributed by atoms with Crippen molar-refractivity contribution in [2.45, 2.75) is 23.7 Å². The van der Waals surface area contributed by atoms with Crippen molar-refractivity contribution >= 4 is 32.5 Å². The summed E-state index contributed by atoms with van der Waals surface area (Å²) in [5, 5.41) is 5.49. The lowest BCUT2D eigenvalue weighted by Gasteiger charge is -2.30. The molecule has 1 fully saturated rings. The largest absolute Gasteiger partial charge is 0.339 e. The molecule has 1 unspecified atom stereocenters. The van der Waals surface area contributed by atoms with E-state index in [-0.39, 0.29) is 17.4 Å². The number of fused-ring (bicyclic) bond motifs is 1. The molecule has 5 rings (SSSR count). The van der Waals surface area contributed by atoms with Crippen molar-refractivity contribution in [3.05, 3.63) is 71.7 Å². The van der Waals surface area contributed by atoms with Crippen molar-refractivity contribution in [3.63, 3.8) is 0 Å². The average molecular weight is 455 g/mol. The number of pyridine rings is 1. The van der Waals surface area contributed by atoms with E-state index in [1.54, 1.807) is 36.5 Å². The zero-order valence-corrected chi connectivity index (χ0v) is 18.1. The Bertz CT molecular complexity index is 1330. The molecule has 0 amide bonds. The molecule has 2 aromatic heterocycles. The molecular weight excluding hydrogens is 436 g/mol. The van der Waals surface area contributed by atoms with Crippen LogP contribution in [0.25, 0.3) is 22.3 Å². The van der Waals surface area contributed by atoms with E-state index in [2.05, 4.69) is 15.1 Å². The van der Waals surface area contributed by atoms with Crippen LogP contribution in [0.5, 0.6) is 0 Å². The Kier molecular flexibility index (Phi) is 5.21. The minimum atomic E-state index is -3.71. The number of hydrogen-bond acceptors (Lipinski definition) is 6. The van der Waals surface area contributed by atoms with E-state index in [0.717, 1.165) is 17.4 Å². The van der Waals surface area contributed by atoms with Gasteiger partial charge in [0.2, 0.25) is 21.7 Å². The zero-order chi connectivity index (χ0) is 21.4. The van der Waals surface area contributed by atoms with Gasteiger partial charge in [0.25, 0.3) is 0 Å². The van der Waals surface area contributed by atoms with Gasteiger partial charge in [0, 0.05) is 35.3 Å². The molecule has 31 heavy (non-hydrogen) atoms. The van der Waals surface area contributed by atoms with Gasteiger partial charge in [0.05, 0.1) is 11.4 Å². The fraction of sp³-hybridized carbons (Fsp3) is 0.227. The van der Waals surface area contributed by atoms with E-state index in [4.69, 9.17) is 16.1 Å². The lowest BCUT2D eigenvalue weighted by atomic mass is 10.00. The molecule has 7 nitrogen and oxygen atoms in total. The minimum absolute atomic E-state index is 0.167. The number of rotatable bonds is 4. The van der Waals surface area contributed by atoms with E-state index >= 15 is 0 Å². The summed E-state index contributed by atoms with van der Waals surface area (Å²) in [6.45, 7) is 0.730. The predicted molar refractivity (Wildman–Crippen MR) is 117 cm³/mol. The third kappa shape index (κ3) is 3.82. The maximum absolute atomic E-state index is 13.4. The van der Waals surface area contributed by atoms with Crippen LogP contribution >= 0.6 is 11.6 Å². The molecule has 1 aliphatic heterocycles. The Morgan fingerprint density at radius 3 is 2.71 bits per heavy atom. The molecule has 3 heterocycles. The first-order chi connectivity index (χ1) is 15.0. The summed E-state index contributed by atoms with van der Waals surface area (Å²) in [6.07, 6.45) is 3.10. The molecule has 4 aromatic rings. The molecule has 0 aliphatic carbocycles. The molecule has 0 radical (unpaired) electrons. The Hall–Kier alpha value is -2.81. The first-order valence-corrected chi connectivity index (χ1v) is 11.8. The maximum Gasteiger partial charge on any atom is 0.245 e. The zero-order valence-electron chi connectivity index (χ0n) is 16.5. The van der Waals surface area contributed by atoms with E-state index in [0.29, 0.717) is 35.2 Å². The highest BCUT2D eigenvalue weighted by Gasteiger charge is 2.34. The van der Waals surface area contributed by atoms with Crippen molar-refractivity contribution in [2.24, 2.45) is 0 Å². The van der Waals surface area contributed by atoms with Crippen molar-refractivity contribution in [1.29, 1.82) is 0 Å². The summed E-state index contributed by atoms with van der Waals surface area (Å²) in [5.41, 5.74) is 1.27. The SMILES string of the molecule is O=S(=O)(c1cccc2cccnc12)N1CCCC(c2nc(-c3ccc(Cl)cc3)no2)C1. The first kappa shape index (κ1) is 20.1. The molecule has 0 N–H and O–H groups in total. The van der Waals surface area contributed by atoms with Crippen molar-refractivity contribution in [1.82, 2.24) is 19.4 Å². The number of piperidine rings is 1. The van der Waals surface area contributed by atoms with Crippen LogP contribution in [0.1, 0.15) is 24.7 Å². The fourth-order valence-corrected chi connectivity index (χ4v) is 5.72. The number of aromatic nitrogens is 3.